The molecule has 0 spiro atoms. The van der Waals surface area contributed by atoms with Crippen molar-refractivity contribution in [3.63, 3.8) is 0 Å². The zero-order valence-corrected chi connectivity index (χ0v) is 14.6. The number of halogens is 1. The highest BCUT2D eigenvalue weighted by Gasteiger charge is 2.11. The van der Waals surface area contributed by atoms with Crippen molar-refractivity contribution in [3.05, 3.63) is 40.3 Å². The van der Waals surface area contributed by atoms with Crippen LogP contribution in [0.1, 0.15) is 30.0 Å². The van der Waals surface area contributed by atoms with Crippen LogP contribution in [0.4, 0.5) is 11.5 Å². The lowest BCUT2D eigenvalue weighted by molar-refractivity contribution is 0.0995. The van der Waals surface area contributed by atoms with Gasteiger partial charge in [-0.3, -0.25) is 4.79 Å². The van der Waals surface area contributed by atoms with E-state index >= 15 is 0 Å². The number of primary amides is 1. The van der Waals surface area contributed by atoms with Gasteiger partial charge in [-0.1, -0.05) is 13.8 Å². The van der Waals surface area contributed by atoms with Gasteiger partial charge in [-0.25, -0.2) is 9.97 Å². The SMILES string of the molecule is CC.COc1cc(C(N)=O)ncc1Nc1nc(C)ccc1Br. The molecule has 0 aliphatic heterocycles. The van der Waals surface area contributed by atoms with Crippen LogP contribution in [0.2, 0.25) is 0 Å². The maximum Gasteiger partial charge on any atom is 0.267 e. The highest BCUT2D eigenvalue weighted by molar-refractivity contribution is 9.10. The van der Waals surface area contributed by atoms with Crippen molar-refractivity contribution in [2.75, 3.05) is 12.4 Å². The largest absolute Gasteiger partial charge is 0.494 e. The fraction of sp³-hybridized carbons (Fsp3) is 0.267. The standard InChI is InChI=1S/C13H13BrN4O2.C2H6/c1-7-3-4-8(14)13(17-7)18-10-6-16-9(12(15)19)5-11(10)20-2;1-2/h3-6H,1-2H3,(H2,15,19)(H,17,18);1-2H3. The van der Waals surface area contributed by atoms with Crippen molar-refractivity contribution in [1.82, 2.24) is 9.97 Å². The van der Waals surface area contributed by atoms with E-state index in [1.807, 2.05) is 32.9 Å². The van der Waals surface area contributed by atoms with E-state index in [-0.39, 0.29) is 5.69 Å². The Morgan fingerprint density at radius 3 is 2.64 bits per heavy atom. The molecule has 2 aromatic rings. The van der Waals surface area contributed by atoms with Crippen molar-refractivity contribution in [2.45, 2.75) is 20.8 Å². The molecular weight excluding hydrogens is 348 g/mol. The average Bonchev–Trinajstić information content (AvgIpc) is 2.53. The molecule has 0 radical (unpaired) electrons. The van der Waals surface area contributed by atoms with Gasteiger partial charge in [0.25, 0.3) is 5.91 Å². The number of pyridine rings is 2. The predicted molar refractivity (Wildman–Crippen MR) is 90.6 cm³/mol. The number of hydrogen-bond donors (Lipinski definition) is 2. The molecular formula is C15H19BrN4O2. The average molecular weight is 367 g/mol. The summed E-state index contributed by atoms with van der Waals surface area (Å²) in [4.78, 5) is 19.4. The van der Waals surface area contributed by atoms with Crippen LogP contribution >= 0.6 is 15.9 Å². The summed E-state index contributed by atoms with van der Waals surface area (Å²) in [7, 11) is 1.50. The second kappa shape index (κ2) is 8.33. The van der Waals surface area contributed by atoms with Crippen LogP contribution in [0, 0.1) is 6.92 Å². The molecule has 3 N–H and O–H groups in total. The summed E-state index contributed by atoms with van der Waals surface area (Å²) in [6, 6.07) is 5.26. The molecule has 2 aromatic heterocycles. The van der Waals surface area contributed by atoms with Gasteiger partial charge in [0, 0.05) is 11.8 Å². The topological polar surface area (TPSA) is 90.1 Å². The number of rotatable bonds is 4. The molecule has 0 aliphatic carbocycles. The molecule has 7 heteroatoms. The highest BCUT2D eigenvalue weighted by Crippen LogP contribution is 2.30. The van der Waals surface area contributed by atoms with E-state index in [1.54, 1.807) is 0 Å². The van der Waals surface area contributed by atoms with Gasteiger partial charge in [0.2, 0.25) is 0 Å². The number of hydrogen-bond acceptors (Lipinski definition) is 5. The second-order valence-corrected chi connectivity index (χ2v) is 4.90. The summed E-state index contributed by atoms with van der Waals surface area (Å²) >= 11 is 3.41. The number of ether oxygens (including phenoxy) is 1. The van der Waals surface area contributed by atoms with Crippen molar-refractivity contribution in [2.24, 2.45) is 5.73 Å². The Labute approximate surface area is 138 Å². The maximum atomic E-state index is 11.1. The summed E-state index contributed by atoms with van der Waals surface area (Å²) in [5.74, 6) is 0.491. The lowest BCUT2D eigenvalue weighted by Crippen LogP contribution is -2.13. The van der Waals surface area contributed by atoms with Gasteiger partial charge in [-0.05, 0) is 35.0 Å². The first kappa shape index (κ1) is 17.9. The number of carbonyl (C=O) groups is 1. The van der Waals surface area contributed by atoms with Crippen LogP contribution in [0.5, 0.6) is 5.75 Å². The Hall–Kier alpha value is -2.15. The van der Waals surface area contributed by atoms with Crippen LogP contribution in [-0.4, -0.2) is 23.0 Å². The minimum Gasteiger partial charge on any atom is -0.494 e. The van der Waals surface area contributed by atoms with Gasteiger partial charge in [0.05, 0.1) is 17.8 Å². The molecule has 118 valence electrons. The molecule has 22 heavy (non-hydrogen) atoms. The maximum absolute atomic E-state index is 11.1. The normalized spacial score (nSPS) is 9.50. The van der Waals surface area contributed by atoms with Crippen LogP contribution in [0.3, 0.4) is 0 Å². The number of nitrogens with two attached hydrogens (primary N) is 1. The van der Waals surface area contributed by atoms with Crippen LogP contribution < -0.4 is 15.8 Å². The highest BCUT2D eigenvalue weighted by atomic mass is 79.9. The minimum absolute atomic E-state index is 0.142. The zero-order valence-electron chi connectivity index (χ0n) is 13.0. The lowest BCUT2D eigenvalue weighted by atomic mass is 10.3. The first-order chi connectivity index (χ1) is 10.5. The summed E-state index contributed by atoms with van der Waals surface area (Å²) in [6.45, 7) is 5.89. The number of aromatic nitrogens is 2. The van der Waals surface area contributed by atoms with E-state index in [0.717, 1.165) is 10.2 Å². The summed E-state index contributed by atoms with van der Waals surface area (Å²) in [5, 5.41) is 3.10. The molecule has 0 bridgehead atoms. The van der Waals surface area contributed by atoms with E-state index < -0.39 is 5.91 Å². The minimum atomic E-state index is -0.607. The van der Waals surface area contributed by atoms with E-state index in [4.69, 9.17) is 10.5 Å². The second-order valence-electron chi connectivity index (χ2n) is 4.04. The van der Waals surface area contributed by atoms with Crippen LogP contribution in [-0.2, 0) is 0 Å². The number of anilines is 2. The molecule has 2 heterocycles. The van der Waals surface area contributed by atoms with Gasteiger partial charge < -0.3 is 15.8 Å². The molecule has 0 aromatic carbocycles. The van der Waals surface area contributed by atoms with E-state index in [2.05, 4.69) is 31.2 Å². The Balaban J connectivity index is 0.00000116. The summed E-state index contributed by atoms with van der Waals surface area (Å²) in [6.07, 6.45) is 1.48. The first-order valence-electron chi connectivity index (χ1n) is 6.75. The molecule has 0 saturated heterocycles. The van der Waals surface area contributed by atoms with Crippen molar-refractivity contribution in [3.8, 4) is 5.75 Å². The molecule has 0 unspecified atom stereocenters. The van der Waals surface area contributed by atoms with Gasteiger partial charge >= 0.3 is 0 Å². The van der Waals surface area contributed by atoms with E-state index in [1.165, 1.54) is 19.4 Å². The third-order valence-electron chi connectivity index (χ3n) is 2.58. The number of nitrogens with one attached hydrogen (secondary N) is 1. The van der Waals surface area contributed by atoms with Crippen molar-refractivity contribution in [1.29, 1.82) is 0 Å². The Kier molecular flexibility index (Phi) is 6.78. The molecule has 0 saturated carbocycles. The molecule has 6 nitrogen and oxygen atoms in total. The number of nitrogens with zero attached hydrogens (tertiary/aromatic N) is 2. The third kappa shape index (κ3) is 4.42. The van der Waals surface area contributed by atoms with E-state index in [9.17, 15) is 4.79 Å². The monoisotopic (exact) mass is 366 g/mol. The smallest absolute Gasteiger partial charge is 0.267 e. The summed E-state index contributed by atoms with van der Waals surface area (Å²) < 4.78 is 6.03. The van der Waals surface area contributed by atoms with Gasteiger partial charge in [-0.2, -0.15) is 0 Å². The predicted octanol–water partition coefficient (Wildman–Crippen LogP) is 3.42. The fourth-order valence-corrected chi connectivity index (χ4v) is 1.91. The summed E-state index contributed by atoms with van der Waals surface area (Å²) in [5.41, 5.74) is 6.79. The first-order valence-corrected chi connectivity index (χ1v) is 7.54. The molecule has 0 atom stereocenters. The number of methoxy groups -OCH3 is 1. The molecule has 2 rings (SSSR count). The Morgan fingerprint density at radius 2 is 2.05 bits per heavy atom. The molecule has 1 amide bonds. The van der Waals surface area contributed by atoms with Crippen molar-refractivity contribution >= 4 is 33.3 Å². The molecule has 0 fully saturated rings. The quantitative estimate of drug-likeness (QED) is 0.864. The van der Waals surface area contributed by atoms with Crippen LogP contribution in [0.25, 0.3) is 0 Å². The number of carbonyl (C=O) groups excluding carboxylic acids is 1. The van der Waals surface area contributed by atoms with Crippen molar-refractivity contribution < 1.29 is 9.53 Å². The molecule has 0 aliphatic rings. The number of amides is 1. The third-order valence-corrected chi connectivity index (χ3v) is 3.22. The lowest BCUT2D eigenvalue weighted by Gasteiger charge is -2.12. The van der Waals surface area contributed by atoms with Crippen LogP contribution in [0.15, 0.2) is 28.9 Å². The van der Waals surface area contributed by atoms with Gasteiger partial charge in [0.1, 0.15) is 22.9 Å². The van der Waals surface area contributed by atoms with Gasteiger partial charge in [-0.15, -0.1) is 0 Å². The Morgan fingerprint density at radius 1 is 1.36 bits per heavy atom. The fourth-order valence-electron chi connectivity index (χ4n) is 1.59. The van der Waals surface area contributed by atoms with Gasteiger partial charge in [0.15, 0.2) is 0 Å². The zero-order chi connectivity index (χ0) is 16.7. The number of aryl methyl sites for hydroxylation is 1. The Bertz CT molecular complexity index is 662. The van der Waals surface area contributed by atoms with E-state index in [0.29, 0.717) is 17.3 Å².